The Hall–Kier alpha value is -2.44. The summed E-state index contributed by atoms with van der Waals surface area (Å²) in [4.78, 5) is 33.8. The van der Waals surface area contributed by atoms with Crippen molar-refractivity contribution in [1.29, 1.82) is 0 Å². The molecule has 0 fully saturated rings. The van der Waals surface area contributed by atoms with Crippen LogP contribution < -0.4 is 10.6 Å². The van der Waals surface area contributed by atoms with Crippen molar-refractivity contribution in [3.05, 3.63) is 35.6 Å². The molecule has 0 heterocycles. The zero-order valence-corrected chi connectivity index (χ0v) is 10.9. The number of halogens is 1. The predicted molar refractivity (Wildman–Crippen MR) is 68.6 cm³/mol. The van der Waals surface area contributed by atoms with E-state index in [2.05, 4.69) is 10.6 Å². The molecule has 0 saturated carbocycles. The second-order valence-electron chi connectivity index (χ2n) is 4.06. The summed E-state index contributed by atoms with van der Waals surface area (Å²) in [5.74, 6) is -2.93. The summed E-state index contributed by atoms with van der Waals surface area (Å²) in [6.07, 6.45) is 0.235. The van der Waals surface area contributed by atoms with Crippen LogP contribution in [0.25, 0.3) is 0 Å². The van der Waals surface area contributed by atoms with Crippen LogP contribution in [-0.2, 0) is 9.59 Å². The van der Waals surface area contributed by atoms with Gasteiger partial charge in [-0.25, -0.2) is 9.18 Å². The fraction of sp³-hybridized carbons (Fsp3) is 0.308. The predicted octanol–water partition coefficient (Wildman–Crippen LogP) is 0.535. The van der Waals surface area contributed by atoms with Gasteiger partial charge in [0.25, 0.3) is 5.91 Å². The maximum absolute atomic E-state index is 12.9. The summed E-state index contributed by atoms with van der Waals surface area (Å²) >= 11 is 0. The number of hydrogen-bond donors (Lipinski definition) is 3. The molecule has 0 radical (unpaired) electrons. The average molecular weight is 282 g/mol. The molecule has 2 amide bonds. The number of rotatable bonds is 6. The van der Waals surface area contributed by atoms with Crippen LogP contribution >= 0.6 is 0 Å². The fourth-order valence-electron chi connectivity index (χ4n) is 1.48. The number of nitrogens with one attached hydrogen (secondary N) is 2. The molecule has 6 nitrogen and oxygen atoms in total. The molecule has 0 aliphatic carbocycles. The van der Waals surface area contributed by atoms with Crippen molar-refractivity contribution in [2.75, 3.05) is 6.54 Å². The second-order valence-corrected chi connectivity index (χ2v) is 4.06. The molecule has 0 saturated heterocycles. The largest absolute Gasteiger partial charge is 0.480 e. The van der Waals surface area contributed by atoms with Crippen LogP contribution in [0, 0.1) is 5.82 Å². The van der Waals surface area contributed by atoms with Gasteiger partial charge in [0, 0.05) is 5.56 Å². The van der Waals surface area contributed by atoms with Crippen molar-refractivity contribution in [3.8, 4) is 0 Å². The molecule has 0 bridgehead atoms. The summed E-state index contributed by atoms with van der Waals surface area (Å²) in [6, 6.07) is 4.03. The SMILES string of the molecule is CCC(NC(=O)CNC(=O)c1cccc(F)c1)C(=O)O. The fourth-order valence-corrected chi connectivity index (χ4v) is 1.48. The summed E-state index contributed by atoms with van der Waals surface area (Å²) in [6.45, 7) is 1.24. The second kappa shape index (κ2) is 7.22. The number of hydrogen-bond acceptors (Lipinski definition) is 3. The van der Waals surface area contributed by atoms with Crippen molar-refractivity contribution in [3.63, 3.8) is 0 Å². The highest BCUT2D eigenvalue weighted by atomic mass is 19.1. The highest BCUT2D eigenvalue weighted by Crippen LogP contribution is 2.02. The smallest absolute Gasteiger partial charge is 0.326 e. The number of amides is 2. The number of benzene rings is 1. The molecule has 20 heavy (non-hydrogen) atoms. The van der Waals surface area contributed by atoms with E-state index in [1.807, 2.05) is 0 Å². The summed E-state index contributed by atoms with van der Waals surface area (Å²) < 4.78 is 12.9. The summed E-state index contributed by atoms with van der Waals surface area (Å²) in [5.41, 5.74) is 0.0862. The first-order valence-electron chi connectivity index (χ1n) is 6.00. The Morgan fingerprint density at radius 1 is 1.35 bits per heavy atom. The Kier molecular flexibility index (Phi) is 5.64. The van der Waals surface area contributed by atoms with Crippen molar-refractivity contribution in [2.45, 2.75) is 19.4 Å². The van der Waals surface area contributed by atoms with Crippen molar-refractivity contribution in [1.82, 2.24) is 10.6 Å². The van der Waals surface area contributed by atoms with Gasteiger partial charge < -0.3 is 15.7 Å². The maximum atomic E-state index is 12.9. The minimum Gasteiger partial charge on any atom is -0.480 e. The minimum absolute atomic E-state index is 0.0862. The Labute approximate surface area is 115 Å². The lowest BCUT2D eigenvalue weighted by atomic mass is 10.2. The molecule has 0 aliphatic heterocycles. The van der Waals surface area contributed by atoms with Crippen LogP contribution in [0.1, 0.15) is 23.7 Å². The first-order chi connectivity index (χ1) is 9.43. The molecular formula is C13H15FN2O4. The van der Waals surface area contributed by atoms with Gasteiger partial charge in [-0.05, 0) is 24.6 Å². The normalized spacial score (nSPS) is 11.5. The van der Waals surface area contributed by atoms with Crippen LogP contribution in [0.15, 0.2) is 24.3 Å². The Balaban J connectivity index is 2.49. The first-order valence-corrected chi connectivity index (χ1v) is 6.00. The molecule has 1 atom stereocenters. The van der Waals surface area contributed by atoms with Gasteiger partial charge in [-0.15, -0.1) is 0 Å². The molecule has 1 aromatic rings. The zero-order valence-electron chi connectivity index (χ0n) is 10.9. The maximum Gasteiger partial charge on any atom is 0.326 e. The number of aliphatic carboxylic acids is 1. The van der Waals surface area contributed by atoms with E-state index in [1.54, 1.807) is 6.92 Å². The molecule has 1 aromatic carbocycles. The molecule has 1 rings (SSSR count). The van der Waals surface area contributed by atoms with Crippen LogP contribution in [0.3, 0.4) is 0 Å². The van der Waals surface area contributed by atoms with E-state index in [0.717, 1.165) is 6.07 Å². The quantitative estimate of drug-likeness (QED) is 0.709. The van der Waals surface area contributed by atoms with Gasteiger partial charge in [0.1, 0.15) is 11.9 Å². The van der Waals surface area contributed by atoms with Gasteiger partial charge in [-0.2, -0.15) is 0 Å². The van der Waals surface area contributed by atoms with Gasteiger partial charge in [0.05, 0.1) is 6.54 Å². The summed E-state index contributed by atoms with van der Waals surface area (Å²) in [5, 5.41) is 13.3. The van der Waals surface area contributed by atoms with Crippen LogP contribution in [-0.4, -0.2) is 35.5 Å². The van der Waals surface area contributed by atoms with Crippen LogP contribution in [0.4, 0.5) is 4.39 Å². The van der Waals surface area contributed by atoms with E-state index >= 15 is 0 Å². The molecule has 1 unspecified atom stereocenters. The monoisotopic (exact) mass is 282 g/mol. The zero-order chi connectivity index (χ0) is 15.1. The molecule has 3 N–H and O–H groups in total. The van der Waals surface area contributed by atoms with Crippen molar-refractivity contribution in [2.24, 2.45) is 0 Å². The summed E-state index contributed by atoms with van der Waals surface area (Å²) in [7, 11) is 0. The minimum atomic E-state index is -1.14. The van der Waals surface area contributed by atoms with E-state index in [1.165, 1.54) is 18.2 Å². The molecule has 0 aliphatic rings. The Bertz CT molecular complexity index is 519. The van der Waals surface area contributed by atoms with Gasteiger partial charge >= 0.3 is 5.97 Å². The number of carbonyl (C=O) groups excluding carboxylic acids is 2. The highest BCUT2D eigenvalue weighted by Gasteiger charge is 2.17. The Morgan fingerprint density at radius 2 is 2.05 bits per heavy atom. The van der Waals surface area contributed by atoms with Crippen molar-refractivity contribution < 1.29 is 23.9 Å². The third-order valence-corrected chi connectivity index (χ3v) is 2.54. The number of carboxylic acid groups (broad SMARTS) is 1. The van der Waals surface area contributed by atoms with E-state index in [-0.39, 0.29) is 18.5 Å². The van der Waals surface area contributed by atoms with E-state index < -0.39 is 29.6 Å². The van der Waals surface area contributed by atoms with Crippen molar-refractivity contribution >= 4 is 17.8 Å². The number of carboxylic acids is 1. The van der Waals surface area contributed by atoms with Crippen LogP contribution in [0.2, 0.25) is 0 Å². The van der Waals surface area contributed by atoms with Gasteiger partial charge in [-0.3, -0.25) is 9.59 Å². The molecular weight excluding hydrogens is 267 g/mol. The standard InChI is InChI=1S/C13H15FN2O4/c1-2-10(13(19)20)16-11(17)7-15-12(18)8-4-3-5-9(14)6-8/h3-6,10H,2,7H2,1H3,(H,15,18)(H,16,17)(H,19,20). The number of carbonyl (C=O) groups is 3. The van der Waals surface area contributed by atoms with E-state index in [0.29, 0.717) is 0 Å². The average Bonchev–Trinajstić information content (AvgIpc) is 2.41. The topological polar surface area (TPSA) is 95.5 Å². The van der Waals surface area contributed by atoms with E-state index in [4.69, 9.17) is 5.11 Å². The molecule has 108 valence electrons. The molecule has 7 heteroatoms. The third-order valence-electron chi connectivity index (χ3n) is 2.54. The third kappa shape index (κ3) is 4.68. The van der Waals surface area contributed by atoms with Gasteiger partial charge in [-0.1, -0.05) is 13.0 Å². The lowest BCUT2D eigenvalue weighted by Crippen LogP contribution is -2.45. The molecule has 0 spiro atoms. The molecule has 0 aromatic heterocycles. The highest BCUT2D eigenvalue weighted by molar-refractivity contribution is 5.96. The lowest BCUT2D eigenvalue weighted by molar-refractivity contribution is -0.141. The van der Waals surface area contributed by atoms with Crippen LogP contribution in [0.5, 0.6) is 0 Å². The van der Waals surface area contributed by atoms with E-state index in [9.17, 15) is 18.8 Å². The van der Waals surface area contributed by atoms with Gasteiger partial charge in [0.15, 0.2) is 0 Å². The van der Waals surface area contributed by atoms with Gasteiger partial charge in [0.2, 0.25) is 5.91 Å². The lowest BCUT2D eigenvalue weighted by Gasteiger charge is -2.12. The first kappa shape index (κ1) is 15.6. The Morgan fingerprint density at radius 3 is 2.60 bits per heavy atom.